The van der Waals surface area contributed by atoms with Crippen LogP contribution < -0.4 is 10.6 Å². The van der Waals surface area contributed by atoms with Crippen molar-refractivity contribution in [3.05, 3.63) is 42.0 Å². The number of hydrogen-bond acceptors (Lipinski definition) is 5. The number of carbonyl (C=O) groups excluding carboxylic acids is 3. The molecule has 0 radical (unpaired) electrons. The minimum Gasteiger partial charge on any atom is -0.359 e. The van der Waals surface area contributed by atoms with Crippen molar-refractivity contribution in [3.8, 4) is 0 Å². The monoisotopic (exact) mass is 522 g/mol. The number of amides is 3. The molecule has 3 amide bonds. The van der Waals surface area contributed by atoms with E-state index in [2.05, 4.69) is 22.5 Å². The van der Waals surface area contributed by atoms with E-state index in [4.69, 9.17) is 4.74 Å². The third-order valence-corrected chi connectivity index (χ3v) is 8.81. The van der Waals surface area contributed by atoms with Gasteiger partial charge in [-0.05, 0) is 51.9 Å². The fourth-order valence-corrected chi connectivity index (χ4v) is 6.72. The van der Waals surface area contributed by atoms with Crippen molar-refractivity contribution in [2.45, 2.75) is 82.6 Å². The lowest BCUT2D eigenvalue weighted by Crippen LogP contribution is -2.57. The number of rotatable bonds is 10. The second-order valence-electron chi connectivity index (χ2n) is 11.6. The van der Waals surface area contributed by atoms with Crippen LogP contribution in [0.15, 0.2) is 36.4 Å². The highest BCUT2D eigenvalue weighted by atomic mass is 16.5. The van der Waals surface area contributed by atoms with Crippen LogP contribution >= 0.6 is 0 Å². The third-order valence-electron chi connectivity index (χ3n) is 8.81. The molecule has 3 heterocycles. The molecule has 1 saturated carbocycles. The first kappa shape index (κ1) is 26.9. The number of fused-ring (bicyclic) bond motifs is 1. The van der Waals surface area contributed by atoms with E-state index < -0.39 is 29.6 Å². The molecule has 1 aliphatic carbocycles. The summed E-state index contributed by atoms with van der Waals surface area (Å²) in [5.74, 6) is -1.95. The Morgan fingerprint density at radius 2 is 1.84 bits per heavy atom. The SMILES string of the molecule is CCCCN(C)CCN1C(=O)[C@@H]2C(C(=O)Nc3ccc(C)cc3)[C@@H]3C=CC2(O3)C1C(=O)NC1CCCCC1. The first-order chi connectivity index (χ1) is 18.3. The zero-order valence-electron chi connectivity index (χ0n) is 22.9. The van der Waals surface area contributed by atoms with Crippen LogP contribution in [0, 0.1) is 18.8 Å². The number of nitrogens with zero attached hydrogens (tertiary/aromatic N) is 2. The second-order valence-corrected chi connectivity index (χ2v) is 11.6. The molecule has 4 aliphatic rings. The van der Waals surface area contributed by atoms with Crippen molar-refractivity contribution in [1.29, 1.82) is 0 Å². The Morgan fingerprint density at radius 1 is 1.11 bits per heavy atom. The van der Waals surface area contributed by atoms with Crippen LogP contribution in [-0.4, -0.2) is 78.0 Å². The molecule has 3 unspecified atom stereocenters. The number of likely N-dealkylation sites (tertiary alicyclic amines) is 1. The van der Waals surface area contributed by atoms with Crippen LogP contribution in [0.5, 0.6) is 0 Å². The van der Waals surface area contributed by atoms with Crippen LogP contribution in [-0.2, 0) is 19.1 Å². The quantitative estimate of drug-likeness (QED) is 0.461. The summed E-state index contributed by atoms with van der Waals surface area (Å²) in [6.45, 7) is 6.18. The summed E-state index contributed by atoms with van der Waals surface area (Å²) in [5.41, 5.74) is 0.677. The van der Waals surface area contributed by atoms with Gasteiger partial charge in [-0.3, -0.25) is 14.4 Å². The van der Waals surface area contributed by atoms with Crippen LogP contribution in [0.4, 0.5) is 5.69 Å². The highest BCUT2D eigenvalue weighted by Gasteiger charge is 2.72. The Hall–Kier alpha value is -2.71. The fraction of sp³-hybridized carbons (Fsp3) is 0.633. The average molecular weight is 523 g/mol. The van der Waals surface area contributed by atoms with Crippen LogP contribution in [0.2, 0.25) is 0 Å². The van der Waals surface area contributed by atoms with Crippen LogP contribution in [0.25, 0.3) is 0 Å². The van der Waals surface area contributed by atoms with Crippen molar-refractivity contribution in [1.82, 2.24) is 15.1 Å². The Balaban J connectivity index is 1.39. The standard InChI is InChI=1S/C30H42N4O4/c1-4-5-17-33(3)18-19-34-26(28(36)32-21-9-7-6-8-10-21)30-16-15-23(38-30)24(25(30)29(34)37)27(35)31-22-13-11-20(2)12-14-22/h11-16,21,23-26H,4-10,17-19H2,1-3H3,(H,31,35)(H,32,36)/t23-,24?,25-,26?,30?/m0/s1. The molecule has 2 saturated heterocycles. The van der Waals surface area contributed by atoms with Crippen molar-refractivity contribution in [3.63, 3.8) is 0 Å². The van der Waals surface area contributed by atoms with Crippen LogP contribution in [0.1, 0.15) is 57.4 Å². The zero-order valence-corrected chi connectivity index (χ0v) is 22.9. The number of benzene rings is 1. The molecular formula is C30H42N4O4. The molecule has 1 spiro atoms. The predicted octanol–water partition coefficient (Wildman–Crippen LogP) is 3.26. The smallest absolute Gasteiger partial charge is 0.246 e. The van der Waals surface area contributed by atoms with E-state index in [0.29, 0.717) is 18.8 Å². The maximum atomic E-state index is 14.1. The first-order valence-corrected chi connectivity index (χ1v) is 14.4. The molecule has 3 fully saturated rings. The van der Waals surface area contributed by atoms with E-state index in [1.807, 2.05) is 50.4 Å². The maximum absolute atomic E-state index is 14.1. The molecule has 5 atom stereocenters. The molecular weight excluding hydrogens is 480 g/mol. The summed E-state index contributed by atoms with van der Waals surface area (Å²) in [7, 11) is 2.05. The Kier molecular flexibility index (Phi) is 7.91. The number of anilines is 1. The topological polar surface area (TPSA) is 91.0 Å². The molecule has 1 aromatic carbocycles. The Morgan fingerprint density at radius 3 is 2.55 bits per heavy atom. The normalized spacial score (nSPS) is 30.2. The van der Waals surface area contributed by atoms with Gasteiger partial charge < -0.3 is 25.2 Å². The van der Waals surface area contributed by atoms with E-state index in [0.717, 1.165) is 50.6 Å². The van der Waals surface area contributed by atoms with Crippen molar-refractivity contribution < 1.29 is 19.1 Å². The Bertz CT molecular complexity index is 1070. The van der Waals surface area contributed by atoms with E-state index in [1.54, 1.807) is 4.90 Å². The second kappa shape index (κ2) is 11.2. The number of unbranched alkanes of at least 4 members (excludes halogenated alkanes) is 1. The number of carbonyl (C=O) groups is 3. The molecule has 5 rings (SSSR count). The number of likely N-dealkylation sites (N-methyl/N-ethyl adjacent to an activating group) is 1. The van der Waals surface area contributed by atoms with Crippen LogP contribution in [0.3, 0.4) is 0 Å². The summed E-state index contributed by atoms with van der Waals surface area (Å²) < 4.78 is 6.46. The number of ether oxygens (including phenoxy) is 1. The highest BCUT2D eigenvalue weighted by molar-refractivity contribution is 6.02. The molecule has 8 nitrogen and oxygen atoms in total. The van der Waals surface area contributed by atoms with Gasteiger partial charge in [-0.1, -0.05) is 62.5 Å². The largest absolute Gasteiger partial charge is 0.359 e. The number of nitrogens with one attached hydrogen (secondary N) is 2. The fourth-order valence-electron chi connectivity index (χ4n) is 6.72. The van der Waals surface area contributed by atoms with Gasteiger partial charge in [0.15, 0.2) is 0 Å². The van der Waals surface area contributed by atoms with E-state index in [9.17, 15) is 14.4 Å². The first-order valence-electron chi connectivity index (χ1n) is 14.4. The average Bonchev–Trinajstić information content (AvgIpc) is 3.55. The zero-order chi connectivity index (χ0) is 26.9. The van der Waals surface area contributed by atoms with Gasteiger partial charge in [0.05, 0.1) is 17.9 Å². The minimum atomic E-state index is -1.11. The lowest BCUT2D eigenvalue weighted by Gasteiger charge is -2.34. The molecule has 2 N–H and O–H groups in total. The van der Waals surface area contributed by atoms with Crippen molar-refractivity contribution in [2.75, 3.05) is 32.0 Å². The minimum absolute atomic E-state index is 0.124. The molecule has 206 valence electrons. The summed E-state index contributed by atoms with van der Waals surface area (Å²) in [6.07, 6.45) is 10.8. The molecule has 0 aromatic heterocycles. The number of aryl methyl sites for hydroxylation is 1. The predicted molar refractivity (Wildman–Crippen MR) is 146 cm³/mol. The maximum Gasteiger partial charge on any atom is 0.246 e. The van der Waals surface area contributed by atoms with Crippen molar-refractivity contribution in [2.24, 2.45) is 11.8 Å². The molecule has 8 heteroatoms. The van der Waals surface area contributed by atoms with Gasteiger partial charge in [0.2, 0.25) is 17.7 Å². The van der Waals surface area contributed by atoms with E-state index in [-0.39, 0.29) is 23.8 Å². The molecule has 1 aromatic rings. The van der Waals surface area contributed by atoms with E-state index in [1.165, 1.54) is 6.42 Å². The number of hydrogen-bond donors (Lipinski definition) is 2. The third kappa shape index (κ3) is 5.00. The summed E-state index contributed by atoms with van der Waals surface area (Å²) in [6, 6.07) is 6.96. The van der Waals surface area contributed by atoms with Crippen molar-refractivity contribution >= 4 is 23.4 Å². The Labute approximate surface area is 226 Å². The van der Waals surface area contributed by atoms with Gasteiger partial charge in [-0.2, -0.15) is 0 Å². The van der Waals surface area contributed by atoms with Gasteiger partial charge in [0, 0.05) is 24.8 Å². The molecule has 38 heavy (non-hydrogen) atoms. The van der Waals surface area contributed by atoms with Gasteiger partial charge in [-0.25, -0.2) is 0 Å². The highest BCUT2D eigenvalue weighted by Crippen LogP contribution is 2.55. The van der Waals surface area contributed by atoms with Gasteiger partial charge in [-0.15, -0.1) is 0 Å². The van der Waals surface area contributed by atoms with Gasteiger partial charge in [0.1, 0.15) is 11.6 Å². The summed E-state index contributed by atoms with van der Waals surface area (Å²) in [5, 5.41) is 6.24. The van der Waals surface area contributed by atoms with Gasteiger partial charge >= 0.3 is 0 Å². The summed E-state index contributed by atoms with van der Waals surface area (Å²) in [4.78, 5) is 45.4. The van der Waals surface area contributed by atoms with E-state index >= 15 is 0 Å². The lowest BCUT2D eigenvalue weighted by atomic mass is 9.74. The van der Waals surface area contributed by atoms with Gasteiger partial charge in [0.25, 0.3) is 0 Å². The molecule has 3 aliphatic heterocycles. The molecule has 2 bridgehead atoms. The summed E-state index contributed by atoms with van der Waals surface area (Å²) >= 11 is 0. The lowest BCUT2D eigenvalue weighted by molar-refractivity contribution is -0.141.